The van der Waals surface area contributed by atoms with E-state index in [-0.39, 0.29) is 0 Å². The molecule has 1 saturated heterocycles. The first-order valence-electron chi connectivity index (χ1n) is 7.30. The number of rotatable bonds is 4. The minimum atomic E-state index is 0.644. The van der Waals surface area contributed by atoms with E-state index in [1.54, 1.807) is 6.20 Å². The van der Waals surface area contributed by atoms with Crippen LogP contribution in [0.3, 0.4) is 0 Å². The van der Waals surface area contributed by atoms with Gasteiger partial charge in [0.15, 0.2) is 0 Å². The summed E-state index contributed by atoms with van der Waals surface area (Å²) in [5.74, 6) is 1.74. The lowest BCUT2D eigenvalue weighted by Gasteiger charge is -2.33. The standard InChI is InChI=1S/C14H23N3O/c1-2-8-15-13(5-1)12-4-3-6-14(12)16-10-11-7-9-17-18-11/h7,9,12-16H,1-6,8,10H2. The smallest absolute Gasteiger partial charge is 0.150 e. The molecular formula is C14H23N3O. The van der Waals surface area contributed by atoms with E-state index >= 15 is 0 Å². The van der Waals surface area contributed by atoms with E-state index in [2.05, 4.69) is 15.8 Å². The molecule has 0 radical (unpaired) electrons. The molecular weight excluding hydrogens is 226 g/mol. The van der Waals surface area contributed by atoms with Crippen LogP contribution in [-0.4, -0.2) is 23.8 Å². The van der Waals surface area contributed by atoms with Gasteiger partial charge < -0.3 is 15.2 Å². The van der Waals surface area contributed by atoms with Gasteiger partial charge in [0.1, 0.15) is 5.76 Å². The van der Waals surface area contributed by atoms with Crippen molar-refractivity contribution in [2.24, 2.45) is 5.92 Å². The number of nitrogens with zero attached hydrogens (tertiary/aromatic N) is 1. The Morgan fingerprint density at radius 2 is 2.28 bits per heavy atom. The van der Waals surface area contributed by atoms with Crippen LogP contribution < -0.4 is 10.6 Å². The maximum absolute atomic E-state index is 5.15. The highest BCUT2D eigenvalue weighted by atomic mass is 16.5. The number of aromatic nitrogens is 1. The van der Waals surface area contributed by atoms with Crippen LogP contribution in [0, 0.1) is 5.92 Å². The summed E-state index contributed by atoms with van der Waals surface area (Å²) in [6.07, 6.45) is 9.83. The number of hydrogen-bond acceptors (Lipinski definition) is 4. The van der Waals surface area contributed by atoms with Crippen molar-refractivity contribution in [3.63, 3.8) is 0 Å². The van der Waals surface area contributed by atoms with Crippen molar-refractivity contribution in [2.45, 2.75) is 57.2 Å². The fourth-order valence-electron chi connectivity index (χ4n) is 3.53. The number of hydrogen-bond donors (Lipinski definition) is 2. The van der Waals surface area contributed by atoms with E-state index in [4.69, 9.17) is 4.52 Å². The zero-order valence-electron chi connectivity index (χ0n) is 10.9. The summed E-state index contributed by atoms with van der Waals surface area (Å²) < 4.78 is 5.15. The minimum Gasteiger partial charge on any atom is -0.360 e. The first kappa shape index (κ1) is 12.2. The molecule has 2 N–H and O–H groups in total. The first-order valence-corrected chi connectivity index (χ1v) is 7.30. The second-order valence-electron chi connectivity index (χ2n) is 5.62. The van der Waals surface area contributed by atoms with Gasteiger partial charge in [-0.15, -0.1) is 0 Å². The Hall–Kier alpha value is -0.870. The van der Waals surface area contributed by atoms with Crippen molar-refractivity contribution in [2.75, 3.05) is 6.54 Å². The van der Waals surface area contributed by atoms with Gasteiger partial charge in [-0.25, -0.2) is 0 Å². The lowest BCUT2D eigenvalue weighted by Crippen LogP contribution is -2.46. The maximum atomic E-state index is 5.15. The molecule has 1 saturated carbocycles. The molecule has 1 aliphatic heterocycles. The van der Waals surface area contributed by atoms with Crippen molar-refractivity contribution < 1.29 is 4.52 Å². The average molecular weight is 249 g/mol. The van der Waals surface area contributed by atoms with Crippen LogP contribution in [0.15, 0.2) is 16.8 Å². The molecule has 4 heteroatoms. The second kappa shape index (κ2) is 5.85. The van der Waals surface area contributed by atoms with Gasteiger partial charge in [-0.2, -0.15) is 0 Å². The third-order valence-electron chi connectivity index (χ3n) is 4.46. The van der Waals surface area contributed by atoms with Crippen LogP contribution in [0.4, 0.5) is 0 Å². The summed E-state index contributed by atoms with van der Waals surface area (Å²) in [5, 5.41) is 11.1. The van der Waals surface area contributed by atoms with E-state index in [9.17, 15) is 0 Å². The van der Waals surface area contributed by atoms with Crippen LogP contribution in [-0.2, 0) is 6.54 Å². The quantitative estimate of drug-likeness (QED) is 0.857. The normalized spacial score (nSPS) is 32.8. The molecule has 1 aromatic heterocycles. The molecule has 0 spiro atoms. The highest BCUT2D eigenvalue weighted by molar-refractivity contribution is 4.96. The maximum Gasteiger partial charge on any atom is 0.150 e. The zero-order valence-corrected chi connectivity index (χ0v) is 10.9. The van der Waals surface area contributed by atoms with Crippen molar-refractivity contribution >= 4 is 0 Å². The van der Waals surface area contributed by atoms with Gasteiger partial charge in [0.2, 0.25) is 0 Å². The van der Waals surface area contributed by atoms with E-state index < -0.39 is 0 Å². The molecule has 0 amide bonds. The predicted molar refractivity (Wildman–Crippen MR) is 70.1 cm³/mol. The van der Waals surface area contributed by atoms with Crippen molar-refractivity contribution in [3.8, 4) is 0 Å². The van der Waals surface area contributed by atoms with Crippen LogP contribution in [0.5, 0.6) is 0 Å². The van der Waals surface area contributed by atoms with E-state index in [0.717, 1.165) is 24.3 Å². The SMILES string of the molecule is c1cc(CNC2CCCC2C2CCCCN2)on1. The van der Waals surface area contributed by atoms with Gasteiger partial charge in [-0.05, 0) is 38.1 Å². The molecule has 4 nitrogen and oxygen atoms in total. The molecule has 100 valence electrons. The van der Waals surface area contributed by atoms with E-state index in [0.29, 0.717) is 6.04 Å². The Morgan fingerprint density at radius 1 is 1.28 bits per heavy atom. The van der Waals surface area contributed by atoms with Crippen molar-refractivity contribution in [1.82, 2.24) is 15.8 Å². The molecule has 0 aromatic carbocycles. The molecule has 2 aliphatic rings. The van der Waals surface area contributed by atoms with Gasteiger partial charge >= 0.3 is 0 Å². The summed E-state index contributed by atoms with van der Waals surface area (Å²) in [6.45, 7) is 2.02. The number of nitrogens with one attached hydrogen (secondary N) is 2. The lowest BCUT2D eigenvalue weighted by molar-refractivity contribution is 0.251. The van der Waals surface area contributed by atoms with Crippen molar-refractivity contribution in [3.05, 3.63) is 18.0 Å². The average Bonchev–Trinajstić information content (AvgIpc) is 3.09. The Bertz CT molecular complexity index is 346. The second-order valence-corrected chi connectivity index (χ2v) is 5.62. The first-order chi connectivity index (χ1) is 8.93. The third-order valence-corrected chi connectivity index (χ3v) is 4.46. The van der Waals surface area contributed by atoms with Crippen LogP contribution in [0.1, 0.15) is 44.3 Å². The lowest BCUT2D eigenvalue weighted by atomic mass is 9.88. The highest BCUT2D eigenvalue weighted by Gasteiger charge is 2.33. The Labute approximate surface area is 108 Å². The van der Waals surface area contributed by atoms with E-state index in [1.165, 1.54) is 45.1 Å². The summed E-state index contributed by atoms with van der Waals surface area (Å²) in [5.41, 5.74) is 0. The van der Waals surface area contributed by atoms with Gasteiger partial charge in [-0.1, -0.05) is 18.0 Å². The molecule has 2 heterocycles. The van der Waals surface area contributed by atoms with Gasteiger partial charge in [0.25, 0.3) is 0 Å². The number of piperidine rings is 1. The molecule has 18 heavy (non-hydrogen) atoms. The highest BCUT2D eigenvalue weighted by Crippen LogP contribution is 2.31. The summed E-state index contributed by atoms with van der Waals surface area (Å²) in [4.78, 5) is 0. The van der Waals surface area contributed by atoms with Gasteiger partial charge in [0, 0.05) is 18.2 Å². The summed E-state index contributed by atoms with van der Waals surface area (Å²) in [7, 11) is 0. The molecule has 3 rings (SSSR count). The summed E-state index contributed by atoms with van der Waals surface area (Å²) >= 11 is 0. The largest absolute Gasteiger partial charge is 0.360 e. The van der Waals surface area contributed by atoms with Crippen LogP contribution >= 0.6 is 0 Å². The Balaban J connectivity index is 1.53. The Morgan fingerprint density at radius 3 is 3.06 bits per heavy atom. The third kappa shape index (κ3) is 2.75. The predicted octanol–water partition coefficient (Wildman–Crippen LogP) is 2.08. The fraction of sp³-hybridized carbons (Fsp3) is 0.786. The van der Waals surface area contributed by atoms with Crippen LogP contribution in [0.25, 0.3) is 0 Å². The molecule has 3 unspecified atom stereocenters. The van der Waals surface area contributed by atoms with Crippen molar-refractivity contribution in [1.29, 1.82) is 0 Å². The minimum absolute atomic E-state index is 0.644. The topological polar surface area (TPSA) is 50.1 Å². The molecule has 1 aliphatic carbocycles. The zero-order chi connectivity index (χ0) is 12.2. The molecule has 0 bridgehead atoms. The summed E-state index contributed by atoms with van der Waals surface area (Å²) in [6, 6.07) is 3.31. The van der Waals surface area contributed by atoms with E-state index in [1.807, 2.05) is 6.07 Å². The monoisotopic (exact) mass is 249 g/mol. The van der Waals surface area contributed by atoms with Gasteiger partial charge in [0.05, 0.1) is 12.7 Å². The van der Waals surface area contributed by atoms with Crippen LogP contribution in [0.2, 0.25) is 0 Å². The molecule has 1 aromatic rings. The molecule has 3 atom stereocenters. The molecule has 2 fully saturated rings. The Kier molecular flexibility index (Phi) is 3.96. The fourth-order valence-corrected chi connectivity index (χ4v) is 3.53. The van der Waals surface area contributed by atoms with Gasteiger partial charge in [-0.3, -0.25) is 0 Å².